The minimum absolute atomic E-state index is 0.143. The van der Waals surface area contributed by atoms with Crippen LogP contribution in [0.2, 0.25) is 0 Å². The van der Waals surface area contributed by atoms with Crippen molar-refractivity contribution in [1.82, 2.24) is 5.32 Å². The topological polar surface area (TPSA) is 32.3 Å². The molecular weight excluding hydrogens is 278 g/mol. The van der Waals surface area contributed by atoms with Crippen LogP contribution in [0.15, 0.2) is 22.7 Å². The molecule has 94 valence electrons. The Hall–Kier alpha value is -0.380. The fraction of sp³-hybridized carbons (Fsp3) is 0.571. The van der Waals surface area contributed by atoms with Crippen molar-refractivity contribution >= 4 is 15.9 Å². The molecule has 2 atom stereocenters. The van der Waals surface area contributed by atoms with Gasteiger partial charge in [-0.15, -0.1) is 0 Å². The highest BCUT2D eigenvalue weighted by Crippen LogP contribution is 2.32. The van der Waals surface area contributed by atoms with Gasteiger partial charge >= 0.3 is 0 Å². The minimum Gasteiger partial charge on any atom is -0.388 e. The normalized spacial score (nSPS) is 25.4. The maximum Gasteiger partial charge on any atom is 0.0840 e. The summed E-state index contributed by atoms with van der Waals surface area (Å²) in [6, 6.07) is 6.50. The van der Waals surface area contributed by atoms with Gasteiger partial charge in [0, 0.05) is 16.9 Å². The van der Waals surface area contributed by atoms with Gasteiger partial charge in [-0.1, -0.05) is 28.9 Å². The molecule has 2 nitrogen and oxygen atoms in total. The Balaban J connectivity index is 2.20. The molecule has 0 bridgehead atoms. The molecule has 0 heterocycles. The zero-order chi connectivity index (χ0) is 12.5. The number of halogens is 1. The van der Waals surface area contributed by atoms with Crippen molar-refractivity contribution in [2.45, 2.75) is 44.8 Å². The van der Waals surface area contributed by atoms with Gasteiger partial charge in [-0.25, -0.2) is 0 Å². The van der Waals surface area contributed by atoms with Gasteiger partial charge in [0.1, 0.15) is 0 Å². The Morgan fingerprint density at radius 3 is 2.94 bits per heavy atom. The molecule has 0 radical (unpaired) electrons. The SMILES string of the molecule is CCNC(C)C1(O)CCc2cc(Br)ccc2C1. The number of hydrogen-bond donors (Lipinski definition) is 2. The fourth-order valence-electron chi connectivity index (χ4n) is 2.63. The number of benzene rings is 1. The predicted octanol–water partition coefficient (Wildman–Crippen LogP) is 2.67. The van der Waals surface area contributed by atoms with Gasteiger partial charge in [-0.2, -0.15) is 0 Å². The second-order valence-electron chi connectivity index (χ2n) is 4.97. The third-order valence-corrected chi connectivity index (χ3v) is 4.30. The first kappa shape index (κ1) is 13.1. The third-order valence-electron chi connectivity index (χ3n) is 3.81. The molecule has 2 rings (SSSR count). The molecule has 2 unspecified atom stereocenters. The van der Waals surface area contributed by atoms with Crippen molar-refractivity contribution in [2.75, 3.05) is 6.54 Å². The van der Waals surface area contributed by atoms with E-state index in [1.165, 1.54) is 11.1 Å². The van der Waals surface area contributed by atoms with Gasteiger partial charge in [-0.05, 0) is 49.6 Å². The second-order valence-corrected chi connectivity index (χ2v) is 5.89. The maximum atomic E-state index is 10.7. The van der Waals surface area contributed by atoms with Gasteiger partial charge in [0.05, 0.1) is 5.60 Å². The van der Waals surface area contributed by atoms with Crippen LogP contribution in [0.5, 0.6) is 0 Å². The monoisotopic (exact) mass is 297 g/mol. The Labute approximate surface area is 112 Å². The summed E-state index contributed by atoms with van der Waals surface area (Å²) in [6.45, 7) is 5.05. The summed E-state index contributed by atoms with van der Waals surface area (Å²) in [7, 11) is 0. The van der Waals surface area contributed by atoms with Gasteiger partial charge < -0.3 is 10.4 Å². The number of hydrogen-bond acceptors (Lipinski definition) is 2. The van der Waals surface area contributed by atoms with Crippen LogP contribution in [-0.2, 0) is 12.8 Å². The first-order chi connectivity index (χ1) is 8.05. The van der Waals surface area contributed by atoms with Crippen LogP contribution in [0.4, 0.5) is 0 Å². The van der Waals surface area contributed by atoms with E-state index in [0.29, 0.717) is 0 Å². The summed E-state index contributed by atoms with van der Waals surface area (Å²) in [6.07, 6.45) is 2.55. The highest BCUT2D eigenvalue weighted by molar-refractivity contribution is 9.10. The van der Waals surface area contributed by atoms with E-state index in [-0.39, 0.29) is 6.04 Å². The molecule has 1 aromatic rings. The standard InChI is InChI=1S/C14H20BrNO/c1-3-16-10(2)14(17)7-6-11-8-13(15)5-4-12(11)9-14/h4-5,8,10,16-17H,3,6-7,9H2,1-2H3. The number of rotatable bonds is 3. The number of nitrogens with one attached hydrogen (secondary N) is 1. The number of likely N-dealkylation sites (N-methyl/N-ethyl adjacent to an activating group) is 1. The van der Waals surface area contributed by atoms with Crippen molar-refractivity contribution in [3.63, 3.8) is 0 Å². The van der Waals surface area contributed by atoms with Crippen molar-refractivity contribution in [2.24, 2.45) is 0 Å². The lowest BCUT2D eigenvalue weighted by atomic mass is 9.77. The Morgan fingerprint density at radius 1 is 1.47 bits per heavy atom. The molecule has 17 heavy (non-hydrogen) atoms. The molecule has 2 N–H and O–H groups in total. The van der Waals surface area contributed by atoms with E-state index in [1.54, 1.807) is 0 Å². The van der Waals surface area contributed by atoms with Crippen molar-refractivity contribution in [3.05, 3.63) is 33.8 Å². The van der Waals surface area contributed by atoms with Crippen LogP contribution in [0, 0.1) is 0 Å². The Bertz CT molecular complexity index is 407. The van der Waals surface area contributed by atoms with Crippen molar-refractivity contribution < 1.29 is 5.11 Å². The molecule has 0 amide bonds. The van der Waals surface area contributed by atoms with Gasteiger partial charge in [0.2, 0.25) is 0 Å². The molecule has 0 spiro atoms. The summed E-state index contributed by atoms with van der Waals surface area (Å²) in [5, 5.41) is 14.1. The van der Waals surface area contributed by atoms with Gasteiger partial charge in [0.15, 0.2) is 0 Å². The average Bonchev–Trinajstić information content (AvgIpc) is 2.30. The zero-order valence-corrected chi connectivity index (χ0v) is 12.0. The Kier molecular flexibility index (Phi) is 3.91. The number of aliphatic hydroxyl groups is 1. The molecule has 0 saturated carbocycles. The van der Waals surface area contributed by atoms with Crippen molar-refractivity contribution in [3.8, 4) is 0 Å². The van der Waals surface area contributed by atoms with Crippen LogP contribution in [0.25, 0.3) is 0 Å². The predicted molar refractivity (Wildman–Crippen MR) is 74.3 cm³/mol. The van der Waals surface area contributed by atoms with E-state index in [9.17, 15) is 5.11 Å². The fourth-order valence-corrected chi connectivity index (χ4v) is 3.04. The lowest BCUT2D eigenvalue weighted by Gasteiger charge is -2.38. The van der Waals surface area contributed by atoms with Gasteiger partial charge in [-0.3, -0.25) is 0 Å². The highest BCUT2D eigenvalue weighted by Gasteiger charge is 2.36. The maximum absolute atomic E-state index is 10.7. The number of aryl methyl sites for hydroxylation is 1. The van der Waals surface area contributed by atoms with E-state index >= 15 is 0 Å². The highest BCUT2D eigenvalue weighted by atomic mass is 79.9. The summed E-state index contributed by atoms with van der Waals surface area (Å²) in [5.41, 5.74) is 2.05. The summed E-state index contributed by atoms with van der Waals surface area (Å²) >= 11 is 3.50. The van der Waals surface area contributed by atoms with Crippen LogP contribution in [0.3, 0.4) is 0 Å². The molecule has 0 fully saturated rings. The van der Waals surface area contributed by atoms with Crippen LogP contribution < -0.4 is 5.32 Å². The van der Waals surface area contributed by atoms with Gasteiger partial charge in [0.25, 0.3) is 0 Å². The second kappa shape index (κ2) is 5.09. The van der Waals surface area contributed by atoms with E-state index in [2.05, 4.69) is 53.3 Å². The Morgan fingerprint density at radius 2 is 2.24 bits per heavy atom. The van der Waals surface area contributed by atoms with E-state index in [4.69, 9.17) is 0 Å². The number of fused-ring (bicyclic) bond motifs is 1. The molecule has 0 saturated heterocycles. The summed E-state index contributed by atoms with van der Waals surface area (Å²) in [4.78, 5) is 0. The van der Waals surface area contributed by atoms with E-state index in [1.807, 2.05) is 0 Å². The zero-order valence-electron chi connectivity index (χ0n) is 10.5. The van der Waals surface area contributed by atoms with Crippen LogP contribution >= 0.6 is 15.9 Å². The lowest BCUT2D eigenvalue weighted by Crippen LogP contribution is -2.52. The lowest BCUT2D eigenvalue weighted by molar-refractivity contribution is -0.00475. The summed E-state index contributed by atoms with van der Waals surface area (Å²) < 4.78 is 1.13. The first-order valence-corrected chi connectivity index (χ1v) is 7.07. The third kappa shape index (κ3) is 2.72. The van der Waals surface area contributed by atoms with Crippen LogP contribution in [0.1, 0.15) is 31.4 Å². The van der Waals surface area contributed by atoms with Crippen LogP contribution in [-0.4, -0.2) is 23.3 Å². The average molecular weight is 298 g/mol. The molecule has 0 aromatic heterocycles. The molecule has 1 aromatic carbocycles. The van der Waals surface area contributed by atoms with Crippen molar-refractivity contribution in [1.29, 1.82) is 0 Å². The van der Waals surface area contributed by atoms with E-state index in [0.717, 1.165) is 30.3 Å². The molecule has 3 heteroatoms. The van der Waals surface area contributed by atoms with E-state index < -0.39 is 5.60 Å². The first-order valence-electron chi connectivity index (χ1n) is 6.28. The molecule has 1 aliphatic carbocycles. The smallest absolute Gasteiger partial charge is 0.0840 e. The minimum atomic E-state index is -0.600. The molecular formula is C14H20BrNO. The largest absolute Gasteiger partial charge is 0.388 e. The molecule has 1 aliphatic rings. The quantitative estimate of drug-likeness (QED) is 0.899. The molecule has 0 aliphatic heterocycles. The summed E-state index contributed by atoms with van der Waals surface area (Å²) in [5.74, 6) is 0.